The minimum Gasteiger partial charge on any atom is -0.355 e. The van der Waals surface area contributed by atoms with Crippen LogP contribution in [0.2, 0.25) is 10.0 Å². The fourth-order valence-electron chi connectivity index (χ4n) is 5.48. The molecule has 0 bridgehead atoms. The van der Waals surface area contributed by atoms with Crippen molar-refractivity contribution < 1.29 is 13.2 Å². The fourth-order valence-corrected chi connectivity index (χ4v) is 7.31. The smallest absolute Gasteiger partial charge is 0.223 e. The molecule has 4 aromatic rings. The number of imidazole rings is 1. The van der Waals surface area contributed by atoms with E-state index in [4.69, 9.17) is 28.2 Å². The zero-order chi connectivity index (χ0) is 27.9. The second-order valence-electron chi connectivity index (χ2n) is 10.3. The molecule has 2 aromatic carbocycles. The van der Waals surface area contributed by atoms with Gasteiger partial charge in [0.2, 0.25) is 5.91 Å². The third-order valence-corrected chi connectivity index (χ3v) is 9.99. The quantitative estimate of drug-likeness (QED) is 0.354. The Kier molecular flexibility index (Phi) is 7.41. The van der Waals surface area contributed by atoms with Gasteiger partial charge >= 0.3 is 0 Å². The molecule has 40 heavy (non-hydrogen) atoms. The molecule has 0 unspecified atom stereocenters. The summed E-state index contributed by atoms with van der Waals surface area (Å²) >= 11 is 12.8. The Balaban J connectivity index is 1.26. The molecule has 1 N–H and O–H groups in total. The number of piperidine rings is 1. The molecule has 2 aliphatic rings. The number of carbonyl (C=O) groups excluding carboxylic acids is 1. The number of fused-ring (bicyclic) bond motifs is 1. The maximum atomic E-state index is 12.8. The van der Waals surface area contributed by atoms with Gasteiger partial charge in [-0.1, -0.05) is 35.3 Å². The molecule has 4 heterocycles. The van der Waals surface area contributed by atoms with Crippen LogP contribution in [0.5, 0.6) is 0 Å². The van der Waals surface area contributed by atoms with Crippen LogP contribution < -0.4 is 10.2 Å². The van der Waals surface area contributed by atoms with Crippen molar-refractivity contribution in [2.45, 2.75) is 31.7 Å². The normalized spacial score (nSPS) is 18.2. The number of nitrogens with one attached hydrogen (secondary N) is 1. The summed E-state index contributed by atoms with van der Waals surface area (Å²) in [4.78, 5) is 29.2. The van der Waals surface area contributed by atoms with E-state index in [2.05, 4.69) is 20.2 Å². The predicted molar refractivity (Wildman–Crippen MR) is 157 cm³/mol. The number of hydrogen-bond donors (Lipinski definition) is 1. The molecular weight excluding hydrogens is 571 g/mol. The molecule has 12 heteroatoms. The molecule has 2 aromatic heterocycles. The third-order valence-electron chi connectivity index (χ3n) is 7.69. The van der Waals surface area contributed by atoms with E-state index >= 15 is 0 Å². The molecule has 0 aliphatic carbocycles. The number of hydrogen-bond acceptors (Lipinski definition) is 7. The Labute approximate surface area is 242 Å². The van der Waals surface area contributed by atoms with Crippen molar-refractivity contribution in [3.05, 3.63) is 64.9 Å². The highest BCUT2D eigenvalue weighted by Gasteiger charge is 2.31. The minimum atomic E-state index is -3.00. The van der Waals surface area contributed by atoms with Crippen molar-refractivity contribution >= 4 is 55.9 Å². The van der Waals surface area contributed by atoms with E-state index in [-0.39, 0.29) is 29.4 Å². The van der Waals surface area contributed by atoms with Gasteiger partial charge in [-0.05, 0) is 62.1 Å². The molecule has 2 fully saturated rings. The average molecular weight is 600 g/mol. The molecule has 0 spiro atoms. The molecule has 0 radical (unpaired) electrons. The Morgan fingerprint density at radius 2 is 1.62 bits per heavy atom. The molecule has 0 saturated carbocycles. The number of sulfone groups is 1. The van der Waals surface area contributed by atoms with Crippen LogP contribution in [0.15, 0.2) is 54.9 Å². The molecule has 2 aliphatic heterocycles. The Bertz CT molecular complexity index is 1650. The summed E-state index contributed by atoms with van der Waals surface area (Å²) in [7, 11) is -3.00. The largest absolute Gasteiger partial charge is 0.355 e. The zero-order valence-electron chi connectivity index (χ0n) is 21.6. The van der Waals surface area contributed by atoms with E-state index in [1.807, 2.05) is 53.1 Å². The van der Waals surface area contributed by atoms with Gasteiger partial charge in [-0.25, -0.2) is 23.4 Å². The molecule has 208 valence electrons. The van der Waals surface area contributed by atoms with Crippen molar-refractivity contribution in [2.75, 3.05) is 29.5 Å². The molecule has 9 nitrogen and oxygen atoms in total. The first kappa shape index (κ1) is 27.0. The van der Waals surface area contributed by atoms with Crippen molar-refractivity contribution in [3.63, 3.8) is 0 Å². The second kappa shape index (κ2) is 11.0. The van der Waals surface area contributed by atoms with Gasteiger partial charge in [0.15, 0.2) is 17.0 Å². The summed E-state index contributed by atoms with van der Waals surface area (Å²) < 4.78 is 25.4. The van der Waals surface area contributed by atoms with Gasteiger partial charge in [0.05, 0.1) is 16.5 Å². The van der Waals surface area contributed by atoms with E-state index in [1.165, 1.54) is 0 Å². The number of aromatic nitrogens is 4. The minimum absolute atomic E-state index is 0.0323. The molecule has 6 rings (SSSR count). The van der Waals surface area contributed by atoms with E-state index < -0.39 is 9.84 Å². The van der Waals surface area contributed by atoms with Gasteiger partial charge in [0.25, 0.3) is 0 Å². The van der Waals surface area contributed by atoms with Crippen molar-refractivity contribution in [1.82, 2.24) is 24.8 Å². The monoisotopic (exact) mass is 598 g/mol. The third kappa shape index (κ3) is 5.40. The van der Waals surface area contributed by atoms with Crippen LogP contribution in [0, 0.1) is 5.92 Å². The summed E-state index contributed by atoms with van der Waals surface area (Å²) in [6.07, 6.45) is 3.84. The zero-order valence-corrected chi connectivity index (χ0v) is 24.0. The lowest BCUT2D eigenvalue weighted by Gasteiger charge is -2.34. The Morgan fingerprint density at radius 1 is 0.925 bits per heavy atom. The summed E-state index contributed by atoms with van der Waals surface area (Å²) in [5.41, 5.74) is 2.95. The van der Waals surface area contributed by atoms with E-state index in [0.717, 1.165) is 29.9 Å². The van der Waals surface area contributed by atoms with Gasteiger partial charge in [-0.15, -0.1) is 0 Å². The van der Waals surface area contributed by atoms with Gasteiger partial charge in [0, 0.05) is 41.3 Å². The van der Waals surface area contributed by atoms with Gasteiger partial charge in [-0.2, -0.15) is 0 Å². The first-order valence-electron chi connectivity index (χ1n) is 13.3. The molecule has 0 atom stereocenters. The number of rotatable bonds is 5. The highest BCUT2D eigenvalue weighted by atomic mass is 35.5. The number of anilines is 1. The number of nitrogens with zero attached hydrogens (tertiary/aromatic N) is 5. The fraction of sp³-hybridized carbons (Fsp3) is 0.357. The van der Waals surface area contributed by atoms with Crippen LogP contribution in [-0.4, -0.2) is 64.5 Å². The molecular formula is C28H28Cl2N6O3S. The lowest BCUT2D eigenvalue weighted by atomic mass is 9.99. The summed E-state index contributed by atoms with van der Waals surface area (Å²) in [6, 6.07) is 15.1. The van der Waals surface area contributed by atoms with Crippen LogP contribution in [0.25, 0.3) is 28.2 Å². The lowest BCUT2D eigenvalue weighted by Crippen LogP contribution is -2.47. The van der Waals surface area contributed by atoms with Crippen molar-refractivity contribution in [3.8, 4) is 17.1 Å². The van der Waals surface area contributed by atoms with Crippen LogP contribution in [0.4, 0.5) is 5.82 Å². The summed E-state index contributed by atoms with van der Waals surface area (Å²) in [5.74, 6) is 1.29. The van der Waals surface area contributed by atoms with Crippen molar-refractivity contribution in [1.29, 1.82) is 0 Å². The number of halogens is 2. The second-order valence-corrected chi connectivity index (χ2v) is 13.4. The molecule has 2 saturated heterocycles. The predicted octanol–water partition coefficient (Wildman–Crippen LogP) is 4.70. The van der Waals surface area contributed by atoms with E-state index in [9.17, 15) is 13.2 Å². The summed E-state index contributed by atoms with van der Waals surface area (Å²) in [5, 5.41) is 4.36. The maximum absolute atomic E-state index is 12.8. The van der Waals surface area contributed by atoms with Crippen LogP contribution in [-0.2, 0) is 14.6 Å². The SMILES string of the molecule is O=C(NC1CCN(c2ncnc3c2nc(-c2ccccc2Cl)n3-c2ccc(Cl)cc2)CC1)C1CCS(=O)(=O)CC1. The maximum Gasteiger partial charge on any atom is 0.223 e. The lowest BCUT2D eigenvalue weighted by molar-refractivity contribution is -0.126. The Hall–Kier alpha value is -3.21. The Morgan fingerprint density at radius 3 is 2.33 bits per heavy atom. The highest BCUT2D eigenvalue weighted by Crippen LogP contribution is 2.35. The van der Waals surface area contributed by atoms with Crippen LogP contribution in [0.3, 0.4) is 0 Å². The first-order chi connectivity index (χ1) is 19.3. The number of amides is 1. The van der Waals surface area contributed by atoms with Gasteiger partial charge in [-0.3, -0.25) is 9.36 Å². The highest BCUT2D eigenvalue weighted by molar-refractivity contribution is 7.91. The average Bonchev–Trinajstić information content (AvgIpc) is 3.33. The molecule has 1 amide bonds. The number of carbonyl (C=O) groups is 1. The van der Waals surface area contributed by atoms with Crippen LogP contribution >= 0.6 is 23.2 Å². The van der Waals surface area contributed by atoms with Crippen LogP contribution in [0.1, 0.15) is 25.7 Å². The van der Waals surface area contributed by atoms with Gasteiger partial charge < -0.3 is 10.2 Å². The summed E-state index contributed by atoms with van der Waals surface area (Å²) in [6.45, 7) is 1.37. The topological polar surface area (TPSA) is 110 Å². The standard InChI is InChI=1S/C28H28Cl2N6O3S/c29-19-5-7-21(8-6-19)36-25(22-3-1-2-4-23(22)30)34-24-26(31-17-32-27(24)36)35-13-9-20(10-14-35)33-28(37)18-11-15-40(38,39)16-12-18/h1-8,17-18,20H,9-16H2,(H,33,37). The number of benzene rings is 2. The van der Waals surface area contributed by atoms with E-state index in [0.29, 0.717) is 53.0 Å². The first-order valence-corrected chi connectivity index (χ1v) is 15.9. The van der Waals surface area contributed by atoms with E-state index in [1.54, 1.807) is 6.33 Å². The van der Waals surface area contributed by atoms with Gasteiger partial charge in [0.1, 0.15) is 22.0 Å². The van der Waals surface area contributed by atoms with Crippen molar-refractivity contribution in [2.24, 2.45) is 5.92 Å².